The van der Waals surface area contributed by atoms with E-state index in [1.54, 1.807) is 18.2 Å². The Balaban J connectivity index is 2.17. The van der Waals surface area contributed by atoms with Crippen LogP contribution in [-0.4, -0.2) is 39.3 Å². The van der Waals surface area contributed by atoms with Gasteiger partial charge >= 0.3 is 5.97 Å². The maximum Gasteiger partial charge on any atom is 0.311 e. The zero-order valence-electron chi connectivity index (χ0n) is 11.2. The lowest BCUT2D eigenvalue weighted by Gasteiger charge is -2.33. The number of carboxylic acid groups (broad SMARTS) is 1. The van der Waals surface area contributed by atoms with Crippen LogP contribution in [0.4, 0.5) is 0 Å². The number of carboxylic acids is 1. The summed E-state index contributed by atoms with van der Waals surface area (Å²) in [5.41, 5.74) is -1.10. The lowest BCUT2D eigenvalue weighted by molar-refractivity contribution is -0.154. The number of ether oxygens (including phenoxy) is 1. The average Bonchev–Trinajstić information content (AvgIpc) is 2.46. The van der Waals surface area contributed by atoms with Crippen LogP contribution in [0.15, 0.2) is 33.6 Å². The van der Waals surface area contributed by atoms with Gasteiger partial charge in [0.15, 0.2) is 0 Å². The molecular weight excluding hydrogens is 362 g/mol. The number of halogens is 1. The van der Waals surface area contributed by atoms with Crippen molar-refractivity contribution < 1.29 is 23.1 Å². The highest BCUT2D eigenvalue weighted by atomic mass is 79.9. The normalized spacial score (nSPS) is 18.3. The fraction of sp³-hybridized carbons (Fsp3) is 0.462. The monoisotopic (exact) mass is 377 g/mol. The van der Waals surface area contributed by atoms with Crippen molar-refractivity contribution in [3.63, 3.8) is 0 Å². The summed E-state index contributed by atoms with van der Waals surface area (Å²) in [4.78, 5) is 11.6. The van der Waals surface area contributed by atoms with Gasteiger partial charge in [0, 0.05) is 24.2 Å². The minimum Gasteiger partial charge on any atom is -0.481 e. The smallest absolute Gasteiger partial charge is 0.311 e. The molecule has 0 radical (unpaired) electrons. The maximum absolute atomic E-state index is 12.3. The van der Waals surface area contributed by atoms with Crippen molar-refractivity contribution in [2.45, 2.75) is 17.7 Å². The summed E-state index contributed by atoms with van der Waals surface area (Å²) in [6.07, 6.45) is 0.585. The van der Waals surface area contributed by atoms with Crippen molar-refractivity contribution in [2.75, 3.05) is 19.8 Å². The Labute approximate surface area is 131 Å². The summed E-state index contributed by atoms with van der Waals surface area (Å²) in [6.45, 7) is 0.501. The van der Waals surface area contributed by atoms with Crippen LogP contribution in [0.2, 0.25) is 0 Å². The van der Waals surface area contributed by atoms with Gasteiger partial charge in [-0.25, -0.2) is 13.1 Å². The molecule has 0 atom stereocenters. The highest BCUT2D eigenvalue weighted by Gasteiger charge is 2.41. The fourth-order valence-electron chi connectivity index (χ4n) is 2.20. The van der Waals surface area contributed by atoms with E-state index in [-0.39, 0.29) is 11.4 Å². The first-order chi connectivity index (χ1) is 9.87. The Hall–Kier alpha value is -0.960. The number of aliphatic carboxylic acids is 1. The Kier molecular flexibility index (Phi) is 5.03. The zero-order chi connectivity index (χ0) is 15.5. The maximum atomic E-state index is 12.3. The van der Waals surface area contributed by atoms with Gasteiger partial charge in [0.1, 0.15) is 0 Å². The molecule has 0 spiro atoms. The van der Waals surface area contributed by atoms with Gasteiger partial charge in [0.25, 0.3) is 0 Å². The Bertz CT molecular complexity index is 625. The molecule has 6 nitrogen and oxygen atoms in total. The lowest BCUT2D eigenvalue weighted by Crippen LogP contribution is -2.46. The molecule has 2 N–H and O–H groups in total. The van der Waals surface area contributed by atoms with E-state index in [1.165, 1.54) is 6.07 Å². The summed E-state index contributed by atoms with van der Waals surface area (Å²) >= 11 is 3.18. The van der Waals surface area contributed by atoms with Crippen LogP contribution in [0.5, 0.6) is 0 Å². The molecule has 2 rings (SSSR count). The summed E-state index contributed by atoms with van der Waals surface area (Å²) in [5, 5.41) is 9.41. The summed E-state index contributed by atoms with van der Waals surface area (Å²) in [6, 6.07) is 6.40. The number of sulfonamides is 1. The second-order valence-corrected chi connectivity index (χ2v) is 7.54. The molecule has 116 valence electrons. The summed E-state index contributed by atoms with van der Waals surface area (Å²) in [5.74, 6) is -0.999. The predicted octanol–water partition coefficient (Wildman–Crippen LogP) is 1.61. The first-order valence-corrected chi connectivity index (χ1v) is 8.70. The third kappa shape index (κ3) is 3.63. The van der Waals surface area contributed by atoms with Crippen molar-refractivity contribution in [3.8, 4) is 0 Å². The minimum atomic E-state index is -3.76. The molecule has 1 aromatic rings. The van der Waals surface area contributed by atoms with Crippen LogP contribution in [0.25, 0.3) is 0 Å². The van der Waals surface area contributed by atoms with E-state index in [1.807, 2.05) is 0 Å². The Morgan fingerprint density at radius 2 is 1.95 bits per heavy atom. The predicted molar refractivity (Wildman–Crippen MR) is 79.5 cm³/mol. The van der Waals surface area contributed by atoms with Crippen molar-refractivity contribution in [3.05, 3.63) is 28.7 Å². The Morgan fingerprint density at radius 1 is 1.33 bits per heavy atom. The van der Waals surface area contributed by atoms with E-state index >= 15 is 0 Å². The van der Waals surface area contributed by atoms with E-state index in [0.29, 0.717) is 30.5 Å². The third-order valence-corrected chi connectivity index (χ3v) is 6.04. The molecule has 1 saturated heterocycles. The van der Waals surface area contributed by atoms with Gasteiger partial charge in [-0.15, -0.1) is 0 Å². The zero-order valence-corrected chi connectivity index (χ0v) is 13.6. The highest BCUT2D eigenvalue weighted by Crippen LogP contribution is 2.31. The lowest BCUT2D eigenvalue weighted by atomic mass is 9.80. The van der Waals surface area contributed by atoms with E-state index in [2.05, 4.69) is 20.7 Å². The molecule has 1 aromatic carbocycles. The molecule has 0 amide bonds. The van der Waals surface area contributed by atoms with Crippen LogP contribution in [0, 0.1) is 5.41 Å². The van der Waals surface area contributed by atoms with Crippen molar-refractivity contribution >= 4 is 31.9 Å². The number of nitrogens with one attached hydrogen (secondary N) is 1. The number of benzene rings is 1. The summed E-state index contributed by atoms with van der Waals surface area (Å²) < 4.78 is 32.6. The van der Waals surface area contributed by atoms with Crippen LogP contribution in [-0.2, 0) is 19.6 Å². The minimum absolute atomic E-state index is 0.0950. The van der Waals surface area contributed by atoms with Crippen molar-refractivity contribution in [1.29, 1.82) is 0 Å². The topological polar surface area (TPSA) is 92.7 Å². The molecule has 0 bridgehead atoms. The molecule has 1 heterocycles. The third-order valence-electron chi connectivity index (χ3n) is 3.63. The van der Waals surface area contributed by atoms with Crippen LogP contribution in [0.3, 0.4) is 0 Å². The first-order valence-electron chi connectivity index (χ1n) is 6.43. The standard InChI is InChI=1S/C13H16BrNO5S/c14-10-3-1-2-4-11(10)21(18,19)15-9-13(12(16)17)5-7-20-8-6-13/h1-4,15H,5-9H2,(H,16,17). The SMILES string of the molecule is O=C(O)C1(CNS(=O)(=O)c2ccccc2Br)CCOCC1. The van der Waals surface area contributed by atoms with Gasteiger partial charge < -0.3 is 9.84 Å². The van der Waals surface area contributed by atoms with E-state index in [9.17, 15) is 18.3 Å². The van der Waals surface area contributed by atoms with Gasteiger partial charge in [-0.1, -0.05) is 12.1 Å². The second kappa shape index (κ2) is 6.43. The number of carbonyl (C=O) groups is 1. The number of hydrogen-bond acceptors (Lipinski definition) is 4. The molecule has 8 heteroatoms. The van der Waals surface area contributed by atoms with Gasteiger partial charge in [-0.05, 0) is 40.9 Å². The fourth-order valence-corrected chi connectivity index (χ4v) is 4.33. The van der Waals surface area contributed by atoms with Gasteiger partial charge in [0.05, 0.1) is 10.3 Å². The van der Waals surface area contributed by atoms with Gasteiger partial charge in [0.2, 0.25) is 10.0 Å². The molecule has 0 unspecified atom stereocenters. The molecule has 1 fully saturated rings. The highest BCUT2D eigenvalue weighted by molar-refractivity contribution is 9.10. The van der Waals surface area contributed by atoms with Gasteiger partial charge in [-0.3, -0.25) is 4.79 Å². The van der Waals surface area contributed by atoms with Crippen LogP contribution in [0.1, 0.15) is 12.8 Å². The first kappa shape index (κ1) is 16.4. The van der Waals surface area contributed by atoms with E-state index in [4.69, 9.17) is 4.74 Å². The molecule has 1 aliphatic heterocycles. The molecule has 0 aromatic heterocycles. The number of rotatable bonds is 5. The molecule has 1 aliphatic rings. The molecule has 21 heavy (non-hydrogen) atoms. The average molecular weight is 378 g/mol. The largest absolute Gasteiger partial charge is 0.481 e. The molecular formula is C13H16BrNO5S. The van der Waals surface area contributed by atoms with Gasteiger partial charge in [-0.2, -0.15) is 0 Å². The van der Waals surface area contributed by atoms with Crippen LogP contribution >= 0.6 is 15.9 Å². The molecule has 0 aliphatic carbocycles. The summed E-state index contributed by atoms with van der Waals surface area (Å²) in [7, 11) is -3.76. The second-order valence-electron chi connectivity index (χ2n) is 4.95. The Morgan fingerprint density at radius 3 is 2.52 bits per heavy atom. The van der Waals surface area contributed by atoms with E-state index in [0.717, 1.165) is 0 Å². The van der Waals surface area contributed by atoms with Crippen molar-refractivity contribution in [1.82, 2.24) is 4.72 Å². The molecule has 0 saturated carbocycles. The van der Waals surface area contributed by atoms with E-state index < -0.39 is 21.4 Å². The number of hydrogen-bond donors (Lipinski definition) is 2. The van der Waals surface area contributed by atoms with Crippen LogP contribution < -0.4 is 4.72 Å². The quantitative estimate of drug-likeness (QED) is 0.812. The van der Waals surface area contributed by atoms with Crippen molar-refractivity contribution in [2.24, 2.45) is 5.41 Å².